The molecule has 0 atom stereocenters. The molecule has 1 N–H and O–H groups in total. The van der Waals surface area contributed by atoms with Crippen LogP contribution in [0.4, 0.5) is 19.0 Å². The van der Waals surface area contributed by atoms with E-state index in [0.717, 1.165) is 28.8 Å². The van der Waals surface area contributed by atoms with E-state index in [1.54, 1.807) is 30.7 Å². The predicted molar refractivity (Wildman–Crippen MR) is 137 cm³/mol. The lowest BCUT2D eigenvalue weighted by molar-refractivity contribution is -0.152. The summed E-state index contributed by atoms with van der Waals surface area (Å²) in [6.45, 7) is 3.85. The fraction of sp³-hybridized carbons (Fsp3) is 0.241. The van der Waals surface area contributed by atoms with Gasteiger partial charge in [0.1, 0.15) is 17.3 Å². The Labute approximate surface area is 218 Å². The fourth-order valence-corrected chi connectivity index (χ4v) is 3.78. The van der Waals surface area contributed by atoms with E-state index in [1.165, 1.54) is 26.0 Å². The van der Waals surface area contributed by atoms with Crippen molar-refractivity contribution in [3.05, 3.63) is 102 Å². The molecule has 0 aliphatic carbocycles. The monoisotopic (exact) mass is 524 g/mol. The van der Waals surface area contributed by atoms with Gasteiger partial charge in [0.25, 0.3) is 0 Å². The first-order valence-corrected chi connectivity index (χ1v) is 11.9. The molecular formula is C29H27F3N2O4. The number of ether oxygens (including phenoxy) is 1. The highest BCUT2D eigenvalue weighted by atomic mass is 19.4. The van der Waals surface area contributed by atoms with Crippen molar-refractivity contribution in [1.82, 2.24) is 4.98 Å². The van der Waals surface area contributed by atoms with Crippen molar-refractivity contribution in [2.24, 2.45) is 0 Å². The minimum Gasteiger partial charge on any atom is -0.478 e. The first-order valence-electron chi connectivity index (χ1n) is 11.9. The van der Waals surface area contributed by atoms with Gasteiger partial charge in [-0.2, -0.15) is 13.2 Å². The Bertz CT molecular complexity index is 1330. The zero-order chi connectivity index (χ0) is 27.3. The normalized spacial score (nSPS) is 11.8. The quantitative estimate of drug-likeness (QED) is 0.245. The van der Waals surface area contributed by atoms with Crippen LogP contribution in [0.3, 0.4) is 0 Å². The summed E-state index contributed by atoms with van der Waals surface area (Å²) in [5.74, 6) is 0.735. The first-order chi connectivity index (χ1) is 18.0. The van der Waals surface area contributed by atoms with E-state index in [2.05, 4.69) is 4.98 Å². The van der Waals surface area contributed by atoms with Crippen LogP contribution in [0.5, 0.6) is 5.75 Å². The van der Waals surface area contributed by atoms with E-state index >= 15 is 0 Å². The van der Waals surface area contributed by atoms with Crippen molar-refractivity contribution in [1.29, 1.82) is 0 Å². The number of carboxylic acids is 1. The molecule has 0 amide bonds. The van der Waals surface area contributed by atoms with Crippen molar-refractivity contribution >= 4 is 11.8 Å². The maximum absolute atomic E-state index is 13.0. The molecule has 4 rings (SSSR count). The predicted octanol–water partition coefficient (Wildman–Crippen LogP) is 6.85. The molecule has 4 aromatic rings. The van der Waals surface area contributed by atoms with E-state index in [4.69, 9.17) is 9.15 Å². The lowest BCUT2D eigenvalue weighted by atomic mass is 10.1. The molecule has 0 aliphatic heterocycles. The summed E-state index contributed by atoms with van der Waals surface area (Å²) >= 11 is 0. The van der Waals surface area contributed by atoms with Crippen LogP contribution in [-0.2, 0) is 23.9 Å². The number of aromatic nitrogens is 1. The Balaban J connectivity index is 1.50. The number of benzene rings is 2. The number of rotatable bonds is 10. The molecule has 198 valence electrons. The molecule has 2 aromatic heterocycles. The van der Waals surface area contributed by atoms with E-state index in [-0.39, 0.29) is 0 Å². The summed E-state index contributed by atoms with van der Waals surface area (Å²) < 4.78 is 50.0. The van der Waals surface area contributed by atoms with Crippen LogP contribution in [0, 0.1) is 0 Å². The van der Waals surface area contributed by atoms with E-state index in [1.807, 2.05) is 35.2 Å². The summed E-state index contributed by atoms with van der Waals surface area (Å²) in [5.41, 5.74) is 0.466. The number of nitrogens with zero attached hydrogens (tertiary/aromatic N) is 2. The summed E-state index contributed by atoms with van der Waals surface area (Å²) in [5, 5.41) is 9.26. The number of anilines is 1. The van der Waals surface area contributed by atoms with Crippen LogP contribution in [0.2, 0.25) is 0 Å². The van der Waals surface area contributed by atoms with Crippen LogP contribution < -0.4 is 9.64 Å². The lowest BCUT2D eigenvalue weighted by Gasteiger charge is -2.25. The average molecular weight is 525 g/mol. The largest absolute Gasteiger partial charge is 0.478 e. The Morgan fingerprint density at radius 3 is 2.21 bits per heavy atom. The SMILES string of the molecule is CC(C)(Oc1ccc(CCN(Cc2ccc(C(F)(F)F)cc2)c2ccc(-c3ccco3)cn2)cc1)C(=O)O. The van der Waals surface area contributed by atoms with Gasteiger partial charge in [0.15, 0.2) is 5.60 Å². The molecule has 0 saturated heterocycles. The standard InChI is InChI=1S/C29H27F3N2O4/c1-28(2,27(35)36)38-24-12-7-20(8-13-24)15-16-34(19-21-5-10-23(11-6-21)29(30,31)32)26-14-9-22(18-33-26)25-4-3-17-37-25/h3-14,17-18H,15-16,19H2,1-2H3,(H,35,36). The smallest absolute Gasteiger partial charge is 0.416 e. The second-order valence-electron chi connectivity index (χ2n) is 9.31. The molecule has 2 heterocycles. The second kappa shape index (κ2) is 11.0. The van der Waals surface area contributed by atoms with Gasteiger partial charge in [0.05, 0.1) is 11.8 Å². The third kappa shape index (κ3) is 6.73. The van der Waals surface area contributed by atoms with Gasteiger partial charge in [0.2, 0.25) is 0 Å². The average Bonchev–Trinajstić information content (AvgIpc) is 3.42. The van der Waals surface area contributed by atoms with Gasteiger partial charge in [-0.15, -0.1) is 0 Å². The molecule has 38 heavy (non-hydrogen) atoms. The van der Waals surface area contributed by atoms with Gasteiger partial charge >= 0.3 is 12.1 Å². The Hall–Kier alpha value is -4.27. The molecular weight excluding hydrogens is 497 g/mol. The number of aliphatic carboxylic acids is 1. The van der Waals surface area contributed by atoms with Crippen LogP contribution in [-0.4, -0.2) is 28.2 Å². The zero-order valence-corrected chi connectivity index (χ0v) is 20.9. The number of carboxylic acid groups (broad SMARTS) is 1. The summed E-state index contributed by atoms with van der Waals surface area (Å²) in [6, 6.07) is 19.6. The Morgan fingerprint density at radius 1 is 0.974 bits per heavy atom. The summed E-state index contributed by atoms with van der Waals surface area (Å²) in [6.07, 6.45) is -0.495. The molecule has 0 unspecified atom stereocenters. The molecule has 0 fully saturated rings. The molecule has 2 aromatic carbocycles. The van der Waals surface area contributed by atoms with Gasteiger partial charge in [-0.3, -0.25) is 0 Å². The number of hydrogen-bond acceptors (Lipinski definition) is 5. The first kappa shape index (κ1) is 26.8. The van der Waals surface area contributed by atoms with Crippen molar-refractivity contribution in [3.8, 4) is 17.1 Å². The minimum atomic E-state index is -4.39. The van der Waals surface area contributed by atoms with E-state index in [9.17, 15) is 23.1 Å². The fourth-order valence-electron chi connectivity index (χ4n) is 3.78. The van der Waals surface area contributed by atoms with Crippen LogP contribution in [0.25, 0.3) is 11.3 Å². The van der Waals surface area contributed by atoms with Gasteiger partial charge in [-0.05, 0) is 79.9 Å². The molecule has 9 heteroatoms. The summed E-state index contributed by atoms with van der Waals surface area (Å²) in [4.78, 5) is 17.9. The van der Waals surface area contributed by atoms with Crippen LogP contribution in [0.1, 0.15) is 30.5 Å². The van der Waals surface area contributed by atoms with Crippen molar-refractivity contribution in [3.63, 3.8) is 0 Å². The third-order valence-electron chi connectivity index (χ3n) is 6.01. The van der Waals surface area contributed by atoms with Crippen molar-refractivity contribution in [2.75, 3.05) is 11.4 Å². The number of furan rings is 1. The zero-order valence-electron chi connectivity index (χ0n) is 20.9. The maximum atomic E-state index is 13.0. The molecule has 0 spiro atoms. The molecule has 0 bridgehead atoms. The highest BCUT2D eigenvalue weighted by Crippen LogP contribution is 2.30. The number of halogens is 3. The topological polar surface area (TPSA) is 75.8 Å². The van der Waals surface area contributed by atoms with Crippen molar-refractivity contribution < 1.29 is 32.2 Å². The Morgan fingerprint density at radius 2 is 1.66 bits per heavy atom. The Kier molecular flexibility index (Phi) is 7.75. The highest BCUT2D eigenvalue weighted by molar-refractivity contribution is 5.76. The van der Waals surface area contributed by atoms with Crippen molar-refractivity contribution in [2.45, 2.75) is 38.6 Å². The number of carbonyl (C=O) groups is 1. The maximum Gasteiger partial charge on any atom is 0.416 e. The van der Waals surface area contributed by atoms with Gasteiger partial charge in [-0.1, -0.05) is 24.3 Å². The van der Waals surface area contributed by atoms with Crippen LogP contribution in [0.15, 0.2) is 89.7 Å². The molecule has 0 aliphatic rings. The molecule has 6 nitrogen and oxygen atoms in total. The van der Waals surface area contributed by atoms with Gasteiger partial charge in [0, 0.05) is 24.8 Å². The second-order valence-corrected chi connectivity index (χ2v) is 9.31. The van der Waals surface area contributed by atoms with Crippen LogP contribution >= 0.6 is 0 Å². The minimum absolute atomic E-state index is 0.360. The lowest BCUT2D eigenvalue weighted by Crippen LogP contribution is -2.37. The van der Waals surface area contributed by atoms with E-state index < -0.39 is 23.3 Å². The number of pyridine rings is 1. The van der Waals surface area contributed by atoms with Gasteiger partial charge in [-0.25, -0.2) is 9.78 Å². The molecule has 0 saturated carbocycles. The highest BCUT2D eigenvalue weighted by Gasteiger charge is 2.30. The molecule has 0 radical (unpaired) electrons. The summed E-state index contributed by atoms with van der Waals surface area (Å²) in [7, 11) is 0. The van der Waals surface area contributed by atoms with E-state index in [0.29, 0.717) is 36.8 Å². The number of alkyl halides is 3. The van der Waals surface area contributed by atoms with Gasteiger partial charge < -0.3 is 19.2 Å². The third-order valence-corrected chi connectivity index (χ3v) is 6.01. The number of hydrogen-bond donors (Lipinski definition) is 1.